The highest BCUT2D eigenvalue weighted by Crippen LogP contribution is 2.61. The number of amides is 1. The molecule has 0 aliphatic carbocycles. The Bertz CT molecular complexity index is 607. The van der Waals surface area contributed by atoms with Gasteiger partial charge >= 0.3 is 15.2 Å². The van der Waals surface area contributed by atoms with Crippen molar-refractivity contribution in [3.05, 3.63) is 24.4 Å². The van der Waals surface area contributed by atoms with E-state index in [4.69, 9.17) is 4.74 Å². The molecule has 24 heavy (non-hydrogen) atoms. The first-order valence-electron chi connectivity index (χ1n) is 6.95. The molecule has 1 aromatic rings. The largest absolute Gasteiger partial charge is 0.478 e. The van der Waals surface area contributed by atoms with E-state index in [2.05, 4.69) is 4.98 Å². The molecule has 1 rings (SSSR count). The standard InChI is InChI=1S/C12H20N2O8P2/c1-10(15)14(12(23(16,17)18)24(19,20)21)8-4-5-9-22-11-6-2-3-7-13-11/h2-3,6-7,12H,4-5,8-9H2,1H3,(H2,16,17,18)(H2,19,20,21). The fourth-order valence-electron chi connectivity index (χ4n) is 1.99. The SMILES string of the molecule is CC(=O)N(CCCCOc1ccccn1)C(P(=O)(O)O)P(=O)(O)O. The second-order valence-corrected chi connectivity index (χ2v) is 8.70. The van der Waals surface area contributed by atoms with E-state index < -0.39 is 26.6 Å². The Labute approximate surface area is 138 Å². The van der Waals surface area contributed by atoms with Gasteiger partial charge in [-0.05, 0) is 18.9 Å². The summed E-state index contributed by atoms with van der Waals surface area (Å²) in [5.74, 6) is -0.429. The van der Waals surface area contributed by atoms with Crippen LogP contribution >= 0.6 is 15.2 Å². The maximum absolute atomic E-state index is 11.6. The van der Waals surface area contributed by atoms with E-state index in [1.54, 1.807) is 24.4 Å². The predicted octanol–water partition coefficient (Wildman–Crippen LogP) is 0.728. The lowest BCUT2D eigenvalue weighted by molar-refractivity contribution is -0.129. The highest BCUT2D eigenvalue weighted by molar-refractivity contribution is 7.70. The highest BCUT2D eigenvalue weighted by atomic mass is 31.2. The summed E-state index contributed by atoms with van der Waals surface area (Å²) in [6, 6.07) is 5.12. The fourth-order valence-corrected chi connectivity index (χ4v) is 4.84. The Morgan fingerprint density at radius 1 is 1.21 bits per heavy atom. The molecule has 4 N–H and O–H groups in total. The van der Waals surface area contributed by atoms with Crippen molar-refractivity contribution in [1.82, 2.24) is 9.88 Å². The molecule has 0 aromatic carbocycles. The van der Waals surface area contributed by atoms with E-state index >= 15 is 0 Å². The number of aromatic nitrogens is 1. The molecule has 0 radical (unpaired) electrons. The minimum Gasteiger partial charge on any atom is -0.478 e. The van der Waals surface area contributed by atoms with Crippen LogP contribution in [0.15, 0.2) is 24.4 Å². The first kappa shape index (κ1) is 20.8. The van der Waals surface area contributed by atoms with Gasteiger partial charge in [-0.1, -0.05) is 6.07 Å². The Morgan fingerprint density at radius 3 is 2.29 bits per heavy atom. The van der Waals surface area contributed by atoms with Crippen LogP contribution in [-0.4, -0.2) is 54.0 Å². The summed E-state index contributed by atoms with van der Waals surface area (Å²) in [7, 11) is -10.4. The highest BCUT2D eigenvalue weighted by Gasteiger charge is 2.48. The van der Waals surface area contributed by atoms with Gasteiger partial charge in [0.1, 0.15) is 0 Å². The van der Waals surface area contributed by atoms with Crippen molar-refractivity contribution in [1.29, 1.82) is 0 Å². The van der Waals surface area contributed by atoms with E-state index in [-0.39, 0.29) is 19.6 Å². The fraction of sp³-hybridized carbons (Fsp3) is 0.500. The summed E-state index contributed by atoms with van der Waals surface area (Å²) in [6.07, 6.45) is 2.19. The zero-order valence-electron chi connectivity index (χ0n) is 12.9. The monoisotopic (exact) mass is 382 g/mol. The van der Waals surface area contributed by atoms with Crippen LogP contribution in [0.25, 0.3) is 0 Å². The van der Waals surface area contributed by atoms with Crippen molar-refractivity contribution in [2.75, 3.05) is 13.2 Å². The molecular formula is C12H20N2O8P2. The Kier molecular flexibility index (Phi) is 7.54. The van der Waals surface area contributed by atoms with Crippen molar-refractivity contribution >= 4 is 21.1 Å². The molecule has 1 amide bonds. The van der Waals surface area contributed by atoms with Gasteiger partial charge in [0.2, 0.25) is 17.3 Å². The first-order chi connectivity index (χ1) is 11.0. The quantitative estimate of drug-likeness (QED) is 0.357. The van der Waals surface area contributed by atoms with Crippen LogP contribution in [0.3, 0.4) is 0 Å². The van der Waals surface area contributed by atoms with E-state index in [0.29, 0.717) is 17.2 Å². The molecular weight excluding hydrogens is 362 g/mol. The molecule has 136 valence electrons. The molecule has 10 nitrogen and oxygen atoms in total. The van der Waals surface area contributed by atoms with Crippen LogP contribution in [0, 0.1) is 0 Å². The van der Waals surface area contributed by atoms with Crippen molar-refractivity contribution < 1.29 is 38.2 Å². The van der Waals surface area contributed by atoms with E-state index in [1.165, 1.54) is 0 Å². The van der Waals surface area contributed by atoms with Crippen LogP contribution in [0.4, 0.5) is 0 Å². The Balaban J connectivity index is 2.61. The summed E-state index contributed by atoms with van der Waals surface area (Å²) < 4.78 is 28.1. The van der Waals surface area contributed by atoms with Crippen molar-refractivity contribution in [3.63, 3.8) is 0 Å². The maximum atomic E-state index is 11.6. The number of rotatable bonds is 9. The van der Waals surface area contributed by atoms with Crippen molar-refractivity contribution in [2.45, 2.75) is 25.3 Å². The third-order valence-corrected chi connectivity index (χ3v) is 6.53. The second-order valence-electron chi connectivity index (χ2n) is 4.96. The van der Waals surface area contributed by atoms with Crippen LogP contribution < -0.4 is 4.74 Å². The molecule has 0 atom stereocenters. The Hall–Kier alpha value is -1.28. The van der Waals surface area contributed by atoms with Gasteiger partial charge in [0.05, 0.1) is 6.61 Å². The van der Waals surface area contributed by atoms with Crippen LogP contribution in [0.1, 0.15) is 19.8 Å². The topological polar surface area (TPSA) is 157 Å². The average molecular weight is 382 g/mol. The van der Waals surface area contributed by atoms with Gasteiger partial charge in [0.25, 0.3) is 0 Å². The van der Waals surface area contributed by atoms with Gasteiger partial charge in [0, 0.05) is 25.7 Å². The normalized spacial score (nSPS) is 12.2. The van der Waals surface area contributed by atoms with Crippen LogP contribution in [0.2, 0.25) is 0 Å². The van der Waals surface area contributed by atoms with Gasteiger partial charge < -0.3 is 29.2 Å². The van der Waals surface area contributed by atoms with Gasteiger partial charge in [0.15, 0.2) is 0 Å². The molecule has 0 unspecified atom stereocenters. The van der Waals surface area contributed by atoms with E-state index in [0.717, 1.165) is 6.92 Å². The van der Waals surface area contributed by atoms with Crippen LogP contribution in [-0.2, 0) is 13.9 Å². The minimum absolute atomic E-state index is 0.220. The third kappa shape index (κ3) is 6.68. The summed E-state index contributed by atoms with van der Waals surface area (Å²) >= 11 is 0. The zero-order chi connectivity index (χ0) is 18.4. The number of hydrogen-bond donors (Lipinski definition) is 4. The number of unbranched alkanes of at least 4 members (excludes halogenated alkanes) is 1. The van der Waals surface area contributed by atoms with Gasteiger partial charge in [-0.2, -0.15) is 0 Å². The lowest BCUT2D eigenvalue weighted by atomic mass is 10.3. The molecule has 0 bridgehead atoms. The number of ether oxygens (including phenoxy) is 1. The average Bonchev–Trinajstić information content (AvgIpc) is 2.43. The lowest BCUT2D eigenvalue weighted by Gasteiger charge is -2.31. The molecule has 0 saturated heterocycles. The summed E-state index contributed by atoms with van der Waals surface area (Å²) in [4.78, 5) is 52.7. The number of pyridine rings is 1. The lowest BCUT2D eigenvalue weighted by Crippen LogP contribution is -2.39. The van der Waals surface area contributed by atoms with Crippen molar-refractivity contribution in [2.24, 2.45) is 0 Å². The third-order valence-electron chi connectivity index (χ3n) is 2.97. The minimum atomic E-state index is -5.21. The summed E-state index contributed by atoms with van der Waals surface area (Å²) in [5, 5.41) is 0. The van der Waals surface area contributed by atoms with Gasteiger partial charge in [-0.25, -0.2) is 4.98 Å². The number of nitrogens with zero attached hydrogens (tertiary/aromatic N) is 2. The smallest absolute Gasteiger partial charge is 0.360 e. The first-order valence-corrected chi connectivity index (χ1v) is 10.3. The maximum Gasteiger partial charge on any atom is 0.360 e. The molecule has 1 aromatic heterocycles. The molecule has 0 aliphatic heterocycles. The van der Waals surface area contributed by atoms with E-state index in [1.807, 2.05) is 0 Å². The summed E-state index contributed by atoms with van der Waals surface area (Å²) in [5.41, 5.74) is -2.47. The predicted molar refractivity (Wildman–Crippen MR) is 84.2 cm³/mol. The van der Waals surface area contributed by atoms with Gasteiger partial charge in [-0.3, -0.25) is 13.9 Å². The molecule has 0 aliphatic rings. The molecule has 12 heteroatoms. The zero-order valence-corrected chi connectivity index (χ0v) is 14.7. The summed E-state index contributed by atoms with van der Waals surface area (Å²) in [6.45, 7) is 1.00. The van der Waals surface area contributed by atoms with Crippen molar-refractivity contribution in [3.8, 4) is 5.88 Å². The Morgan fingerprint density at radius 2 is 1.83 bits per heavy atom. The number of carbonyl (C=O) groups is 1. The number of carbonyl (C=O) groups excluding carboxylic acids is 1. The molecule has 0 spiro atoms. The van der Waals surface area contributed by atoms with Gasteiger partial charge in [-0.15, -0.1) is 0 Å². The molecule has 0 fully saturated rings. The second kappa shape index (κ2) is 8.71. The van der Waals surface area contributed by atoms with E-state index in [9.17, 15) is 33.5 Å². The van der Waals surface area contributed by atoms with Crippen LogP contribution in [0.5, 0.6) is 5.88 Å². The molecule has 0 saturated carbocycles. The number of hydrogen-bond acceptors (Lipinski definition) is 5. The molecule has 1 heterocycles.